The van der Waals surface area contributed by atoms with Crippen molar-refractivity contribution in [2.24, 2.45) is 0 Å². The van der Waals surface area contributed by atoms with Crippen molar-refractivity contribution in [3.05, 3.63) is 47.7 Å². The lowest BCUT2D eigenvalue weighted by atomic mass is 10.2. The van der Waals surface area contributed by atoms with Gasteiger partial charge in [0.25, 0.3) is 0 Å². The van der Waals surface area contributed by atoms with Crippen LogP contribution in [0.1, 0.15) is 11.3 Å². The number of hydrogen-bond acceptors (Lipinski definition) is 5. The summed E-state index contributed by atoms with van der Waals surface area (Å²) in [5.41, 5.74) is 1.87. The minimum atomic E-state index is 0.298. The third-order valence-corrected chi connectivity index (χ3v) is 3.37. The van der Waals surface area contributed by atoms with Crippen molar-refractivity contribution in [1.29, 1.82) is 0 Å². The summed E-state index contributed by atoms with van der Waals surface area (Å²) in [6, 6.07) is 7.75. The van der Waals surface area contributed by atoms with Crippen LogP contribution in [0.25, 0.3) is 12.2 Å². The van der Waals surface area contributed by atoms with E-state index in [0.29, 0.717) is 6.79 Å². The van der Waals surface area contributed by atoms with Crippen molar-refractivity contribution >= 4 is 23.9 Å². The zero-order valence-corrected chi connectivity index (χ0v) is 11.7. The molecule has 0 saturated carbocycles. The molecule has 1 aliphatic rings. The van der Waals surface area contributed by atoms with Crippen molar-refractivity contribution in [3.63, 3.8) is 0 Å². The molecule has 1 aromatic heterocycles. The second-order valence-electron chi connectivity index (χ2n) is 4.11. The molecule has 20 heavy (non-hydrogen) atoms. The second kappa shape index (κ2) is 5.88. The molecule has 0 spiro atoms. The molecule has 0 unspecified atom stereocenters. The summed E-state index contributed by atoms with van der Waals surface area (Å²) in [5, 5.41) is 4.74. The first kappa shape index (κ1) is 12.9. The minimum Gasteiger partial charge on any atom is -0.454 e. The standard InChI is InChI=1S/C15H13NO3S/c1-20-15-9-12(16-19-15)5-3-2-4-11-6-7-13-14(8-11)18-10-17-13/h2-9H,10H2,1H3/b4-2+,5-3+. The quantitative estimate of drug-likeness (QED) is 0.631. The molecule has 1 aliphatic heterocycles. The number of rotatable bonds is 4. The summed E-state index contributed by atoms with van der Waals surface area (Å²) in [5.74, 6) is 1.59. The molecule has 1 aromatic carbocycles. The van der Waals surface area contributed by atoms with Gasteiger partial charge in [-0.15, -0.1) is 0 Å². The van der Waals surface area contributed by atoms with Crippen LogP contribution in [0, 0.1) is 0 Å². The lowest BCUT2D eigenvalue weighted by Gasteiger charge is -1.96. The Hall–Kier alpha value is -2.14. The number of allylic oxidation sites excluding steroid dienone is 2. The van der Waals surface area contributed by atoms with E-state index in [-0.39, 0.29) is 0 Å². The van der Waals surface area contributed by atoms with Gasteiger partial charge in [0.05, 0.1) is 0 Å². The second-order valence-corrected chi connectivity index (χ2v) is 4.92. The Kier molecular flexibility index (Phi) is 3.78. The summed E-state index contributed by atoms with van der Waals surface area (Å²) in [4.78, 5) is 0. The smallest absolute Gasteiger partial charge is 0.231 e. The van der Waals surface area contributed by atoms with Gasteiger partial charge in [-0.05, 0) is 30.0 Å². The summed E-state index contributed by atoms with van der Waals surface area (Å²) >= 11 is 1.53. The first-order chi connectivity index (χ1) is 9.85. The average molecular weight is 287 g/mol. The predicted octanol–water partition coefficient (Wildman–Crippen LogP) is 3.85. The van der Waals surface area contributed by atoms with Gasteiger partial charge in [0.2, 0.25) is 6.79 Å². The number of nitrogens with zero attached hydrogens (tertiary/aromatic N) is 1. The van der Waals surface area contributed by atoms with Gasteiger partial charge in [-0.3, -0.25) is 0 Å². The highest BCUT2D eigenvalue weighted by molar-refractivity contribution is 7.98. The Morgan fingerprint density at radius 1 is 1.10 bits per heavy atom. The normalized spacial score (nSPS) is 13.7. The van der Waals surface area contributed by atoms with Gasteiger partial charge < -0.3 is 14.0 Å². The number of benzene rings is 1. The number of thioether (sulfide) groups is 1. The Morgan fingerprint density at radius 3 is 2.80 bits per heavy atom. The zero-order chi connectivity index (χ0) is 13.8. The summed E-state index contributed by atoms with van der Waals surface area (Å²) < 4.78 is 15.7. The van der Waals surface area contributed by atoms with E-state index in [1.54, 1.807) is 0 Å². The zero-order valence-electron chi connectivity index (χ0n) is 10.9. The van der Waals surface area contributed by atoms with Gasteiger partial charge in [0.15, 0.2) is 16.6 Å². The summed E-state index contributed by atoms with van der Waals surface area (Å²) in [6.07, 6.45) is 9.71. The van der Waals surface area contributed by atoms with Gasteiger partial charge in [-0.25, -0.2) is 0 Å². The molecule has 0 saturated heterocycles. The third-order valence-electron chi connectivity index (χ3n) is 2.77. The number of ether oxygens (including phenoxy) is 2. The van der Waals surface area contributed by atoms with Crippen LogP contribution in [-0.2, 0) is 0 Å². The third kappa shape index (κ3) is 2.88. The van der Waals surface area contributed by atoms with Crippen LogP contribution in [0.3, 0.4) is 0 Å². The monoisotopic (exact) mass is 287 g/mol. The molecule has 102 valence electrons. The lowest BCUT2D eigenvalue weighted by molar-refractivity contribution is 0.174. The average Bonchev–Trinajstić information content (AvgIpc) is 3.11. The van der Waals surface area contributed by atoms with E-state index in [4.69, 9.17) is 14.0 Å². The van der Waals surface area contributed by atoms with E-state index < -0.39 is 0 Å². The minimum absolute atomic E-state index is 0.298. The highest BCUT2D eigenvalue weighted by atomic mass is 32.2. The number of fused-ring (bicyclic) bond motifs is 1. The van der Waals surface area contributed by atoms with Crippen LogP contribution >= 0.6 is 11.8 Å². The van der Waals surface area contributed by atoms with E-state index in [1.807, 2.05) is 54.8 Å². The molecule has 0 amide bonds. The van der Waals surface area contributed by atoms with Crippen molar-refractivity contribution < 1.29 is 14.0 Å². The van der Waals surface area contributed by atoms with Crippen molar-refractivity contribution in [2.75, 3.05) is 13.0 Å². The van der Waals surface area contributed by atoms with E-state index >= 15 is 0 Å². The predicted molar refractivity (Wildman–Crippen MR) is 78.9 cm³/mol. The van der Waals surface area contributed by atoms with Crippen molar-refractivity contribution in [2.45, 2.75) is 5.09 Å². The highest BCUT2D eigenvalue weighted by Crippen LogP contribution is 2.32. The molecular weight excluding hydrogens is 274 g/mol. The van der Waals surface area contributed by atoms with E-state index in [0.717, 1.165) is 27.8 Å². The number of aromatic nitrogens is 1. The van der Waals surface area contributed by atoms with Gasteiger partial charge in [0.1, 0.15) is 5.69 Å². The molecule has 2 heterocycles. The van der Waals surface area contributed by atoms with Crippen LogP contribution in [0.5, 0.6) is 11.5 Å². The van der Waals surface area contributed by atoms with E-state index in [9.17, 15) is 0 Å². The fraction of sp³-hybridized carbons (Fsp3) is 0.133. The fourth-order valence-corrected chi connectivity index (χ4v) is 2.13. The Morgan fingerprint density at radius 2 is 1.95 bits per heavy atom. The molecule has 0 fully saturated rings. The lowest BCUT2D eigenvalue weighted by Crippen LogP contribution is -1.92. The molecule has 3 rings (SSSR count). The fourth-order valence-electron chi connectivity index (χ4n) is 1.78. The van der Waals surface area contributed by atoms with E-state index in [1.165, 1.54) is 11.8 Å². The van der Waals surface area contributed by atoms with Crippen LogP contribution < -0.4 is 9.47 Å². The van der Waals surface area contributed by atoms with Crippen LogP contribution in [0.2, 0.25) is 0 Å². The summed E-state index contributed by atoms with van der Waals surface area (Å²) in [6.45, 7) is 0.298. The first-order valence-corrected chi connectivity index (χ1v) is 7.33. The SMILES string of the molecule is CSc1cc(/C=C/C=C/c2ccc3c(c2)OCO3)no1. The van der Waals surface area contributed by atoms with Gasteiger partial charge in [-0.1, -0.05) is 41.2 Å². The first-order valence-electron chi connectivity index (χ1n) is 6.10. The Labute approximate surface area is 121 Å². The highest BCUT2D eigenvalue weighted by Gasteiger charge is 2.11. The van der Waals surface area contributed by atoms with Crippen LogP contribution in [0.15, 0.2) is 46.0 Å². The molecule has 0 radical (unpaired) electrons. The summed E-state index contributed by atoms with van der Waals surface area (Å²) in [7, 11) is 0. The van der Waals surface area contributed by atoms with Gasteiger partial charge in [-0.2, -0.15) is 0 Å². The Balaban J connectivity index is 1.65. The maximum Gasteiger partial charge on any atom is 0.231 e. The topological polar surface area (TPSA) is 44.5 Å². The largest absolute Gasteiger partial charge is 0.454 e. The van der Waals surface area contributed by atoms with E-state index in [2.05, 4.69) is 5.16 Å². The molecular formula is C15H13NO3S. The molecule has 0 atom stereocenters. The van der Waals surface area contributed by atoms with Crippen molar-refractivity contribution in [1.82, 2.24) is 5.16 Å². The maximum atomic E-state index is 5.33. The molecule has 2 aromatic rings. The molecule has 0 N–H and O–H groups in total. The van der Waals surface area contributed by atoms with Crippen LogP contribution in [-0.4, -0.2) is 18.2 Å². The molecule has 4 nitrogen and oxygen atoms in total. The Bertz CT molecular complexity index is 661. The van der Waals surface area contributed by atoms with Crippen molar-refractivity contribution in [3.8, 4) is 11.5 Å². The molecule has 0 bridgehead atoms. The molecule has 5 heteroatoms. The van der Waals surface area contributed by atoms with Gasteiger partial charge in [0, 0.05) is 6.07 Å². The van der Waals surface area contributed by atoms with Gasteiger partial charge >= 0.3 is 0 Å². The molecule has 0 aliphatic carbocycles. The maximum absolute atomic E-state index is 5.33. The van der Waals surface area contributed by atoms with Crippen LogP contribution in [0.4, 0.5) is 0 Å². The number of hydrogen-bond donors (Lipinski definition) is 0.